The van der Waals surface area contributed by atoms with Crippen LogP contribution in [-0.4, -0.2) is 57.1 Å². The van der Waals surface area contributed by atoms with Gasteiger partial charge in [0, 0.05) is 18.1 Å². The zero-order chi connectivity index (χ0) is 29.0. The molecule has 0 radical (unpaired) electrons. The van der Waals surface area contributed by atoms with Gasteiger partial charge in [0.05, 0.1) is 19.4 Å². The van der Waals surface area contributed by atoms with Gasteiger partial charge in [0.15, 0.2) is 0 Å². The predicted molar refractivity (Wildman–Crippen MR) is 165 cm³/mol. The summed E-state index contributed by atoms with van der Waals surface area (Å²) in [5.41, 5.74) is 2.73. The van der Waals surface area contributed by atoms with Gasteiger partial charge < -0.3 is 20.4 Å². The molecule has 0 spiro atoms. The SMILES string of the molecule is CCCCCCCCCCCCCCCCCCC1=C(CO)CCC(CO)C1.O=C(O)CCSCCC(=O)O. The van der Waals surface area contributed by atoms with Crippen molar-refractivity contribution >= 4 is 23.7 Å². The molecule has 0 bridgehead atoms. The molecule has 4 N–H and O–H groups in total. The van der Waals surface area contributed by atoms with Gasteiger partial charge >= 0.3 is 11.9 Å². The first kappa shape index (κ1) is 38.0. The molecule has 1 aliphatic rings. The standard InChI is InChI=1S/C26H50O2.C6H10O4S/c1-2-3-4-5-6-7-8-9-10-11-12-13-14-15-16-17-18-25-21-24(22-27)19-20-26(25)23-28;7-5(8)1-3-11-4-2-6(9)10/h24,27-28H,2-23H2,1H3;1-4H2,(H,7,8)(H,9,10). The third-order valence-corrected chi connectivity index (χ3v) is 8.58. The Kier molecular flexibility index (Phi) is 27.7. The van der Waals surface area contributed by atoms with Crippen LogP contribution in [0.1, 0.15) is 148 Å². The van der Waals surface area contributed by atoms with Gasteiger partial charge in [0.1, 0.15) is 0 Å². The number of hydrogen-bond donors (Lipinski definition) is 4. The van der Waals surface area contributed by atoms with Crippen LogP contribution < -0.4 is 0 Å². The van der Waals surface area contributed by atoms with Gasteiger partial charge in [0.2, 0.25) is 0 Å². The largest absolute Gasteiger partial charge is 0.481 e. The molecular formula is C32H60O6S. The van der Waals surface area contributed by atoms with Gasteiger partial charge in [-0.3, -0.25) is 9.59 Å². The van der Waals surface area contributed by atoms with E-state index in [0.29, 0.717) is 24.0 Å². The number of rotatable bonds is 25. The molecule has 0 fully saturated rings. The number of carboxylic acid groups (broad SMARTS) is 2. The fourth-order valence-electron chi connectivity index (χ4n) is 5.08. The molecule has 1 unspecified atom stereocenters. The molecule has 1 rings (SSSR count). The number of carboxylic acids is 2. The molecule has 7 heteroatoms. The van der Waals surface area contributed by atoms with Crippen LogP contribution in [0.2, 0.25) is 0 Å². The van der Waals surface area contributed by atoms with Crippen molar-refractivity contribution in [3.05, 3.63) is 11.1 Å². The lowest BCUT2D eigenvalue weighted by molar-refractivity contribution is -0.137. The highest BCUT2D eigenvalue weighted by Crippen LogP contribution is 2.32. The number of carbonyl (C=O) groups is 2. The third kappa shape index (κ3) is 25.6. The van der Waals surface area contributed by atoms with E-state index in [4.69, 9.17) is 10.2 Å². The van der Waals surface area contributed by atoms with Crippen molar-refractivity contribution in [3.63, 3.8) is 0 Å². The van der Waals surface area contributed by atoms with Crippen molar-refractivity contribution in [1.82, 2.24) is 0 Å². The van der Waals surface area contributed by atoms with E-state index in [1.54, 1.807) is 0 Å². The van der Waals surface area contributed by atoms with E-state index in [1.165, 1.54) is 126 Å². The maximum absolute atomic E-state index is 9.97. The van der Waals surface area contributed by atoms with Crippen molar-refractivity contribution < 1.29 is 30.0 Å². The number of aliphatic hydroxyl groups is 2. The Morgan fingerprint density at radius 2 is 1.13 bits per heavy atom. The summed E-state index contributed by atoms with van der Waals surface area (Å²) >= 11 is 1.35. The molecule has 39 heavy (non-hydrogen) atoms. The van der Waals surface area contributed by atoms with Gasteiger partial charge in [-0.25, -0.2) is 0 Å². The van der Waals surface area contributed by atoms with Crippen LogP contribution in [0.15, 0.2) is 11.1 Å². The minimum Gasteiger partial charge on any atom is -0.481 e. The topological polar surface area (TPSA) is 115 Å². The first-order valence-electron chi connectivity index (χ1n) is 15.9. The van der Waals surface area contributed by atoms with Crippen molar-refractivity contribution in [3.8, 4) is 0 Å². The average Bonchev–Trinajstić information content (AvgIpc) is 2.92. The quantitative estimate of drug-likeness (QED) is 0.0641. The van der Waals surface area contributed by atoms with Crippen LogP contribution in [0.25, 0.3) is 0 Å². The zero-order valence-electron chi connectivity index (χ0n) is 25.0. The maximum Gasteiger partial charge on any atom is 0.304 e. The van der Waals surface area contributed by atoms with E-state index in [2.05, 4.69) is 6.92 Å². The highest BCUT2D eigenvalue weighted by atomic mass is 32.2. The Hall–Kier alpha value is -1.05. The molecule has 1 aliphatic carbocycles. The van der Waals surface area contributed by atoms with Crippen molar-refractivity contribution in [1.29, 1.82) is 0 Å². The van der Waals surface area contributed by atoms with E-state index >= 15 is 0 Å². The first-order valence-corrected chi connectivity index (χ1v) is 17.0. The number of unbranched alkanes of at least 4 members (excludes halogenated alkanes) is 15. The fraction of sp³-hybridized carbons (Fsp3) is 0.875. The van der Waals surface area contributed by atoms with E-state index in [1.807, 2.05) is 0 Å². The van der Waals surface area contributed by atoms with Crippen molar-refractivity contribution in [2.24, 2.45) is 5.92 Å². The molecule has 0 aliphatic heterocycles. The normalized spacial score (nSPS) is 15.2. The average molecular weight is 573 g/mol. The summed E-state index contributed by atoms with van der Waals surface area (Å²) in [4.78, 5) is 19.9. The maximum atomic E-state index is 9.97. The summed E-state index contributed by atoms with van der Waals surface area (Å²) in [6.45, 7) is 2.82. The second-order valence-electron chi connectivity index (χ2n) is 11.1. The van der Waals surface area contributed by atoms with Crippen molar-refractivity contribution in [2.75, 3.05) is 24.7 Å². The molecule has 0 saturated heterocycles. The minimum atomic E-state index is -0.840. The molecule has 0 saturated carbocycles. The van der Waals surface area contributed by atoms with Crippen molar-refractivity contribution in [2.45, 2.75) is 148 Å². The van der Waals surface area contributed by atoms with Gasteiger partial charge in [-0.2, -0.15) is 11.8 Å². The van der Waals surface area contributed by atoms with E-state index in [-0.39, 0.29) is 19.4 Å². The van der Waals surface area contributed by atoms with Crippen LogP contribution in [0, 0.1) is 5.92 Å². The number of aliphatic carboxylic acids is 2. The monoisotopic (exact) mass is 572 g/mol. The molecule has 6 nitrogen and oxygen atoms in total. The molecule has 0 amide bonds. The Labute approximate surface area is 243 Å². The van der Waals surface area contributed by atoms with Crippen LogP contribution in [0.5, 0.6) is 0 Å². The van der Waals surface area contributed by atoms with E-state index < -0.39 is 11.9 Å². The molecule has 0 aromatic heterocycles. The Morgan fingerprint density at radius 1 is 0.692 bits per heavy atom. The first-order chi connectivity index (χ1) is 18.9. The summed E-state index contributed by atoms with van der Waals surface area (Å²) < 4.78 is 0. The van der Waals surface area contributed by atoms with Crippen LogP contribution in [0.4, 0.5) is 0 Å². The Bertz CT molecular complexity index is 606. The molecular weight excluding hydrogens is 512 g/mol. The molecule has 1 atom stereocenters. The predicted octanol–water partition coefficient (Wildman–Crippen LogP) is 8.39. The number of aliphatic hydroxyl groups excluding tert-OH is 2. The summed E-state index contributed by atoms with van der Waals surface area (Å²) in [5, 5.41) is 35.3. The minimum absolute atomic E-state index is 0.101. The summed E-state index contributed by atoms with van der Waals surface area (Å²) in [7, 11) is 0. The van der Waals surface area contributed by atoms with Crippen LogP contribution in [-0.2, 0) is 9.59 Å². The molecule has 0 aromatic carbocycles. The molecule has 0 aromatic rings. The Balaban J connectivity index is 0.00000110. The third-order valence-electron chi connectivity index (χ3n) is 7.59. The highest BCUT2D eigenvalue weighted by Gasteiger charge is 2.19. The lowest BCUT2D eigenvalue weighted by atomic mass is 9.82. The zero-order valence-corrected chi connectivity index (χ0v) is 25.8. The van der Waals surface area contributed by atoms with Gasteiger partial charge in [-0.15, -0.1) is 0 Å². The fourth-order valence-corrected chi connectivity index (χ4v) is 5.93. The highest BCUT2D eigenvalue weighted by molar-refractivity contribution is 7.99. The summed E-state index contributed by atoms with van der Waals surface area (Å²) in [5.74, 6) is -0.266. The van der Waals surface area contributed by atoms with Crippen LogP contribution in [0.3, 0.4) is 0 Å². The Morgan fingerprint density at radius 3 is 1.51 bits per heavy atom. The van der Waals surface area contributed by atoms with Crippen LogP contribution >= 0.6 is 11.8 Å². The summed E-state index contributed by atoms with van der Waals surface area (Å²) in [6, 6.07) is 0. The number of thioether (sulfide) groups is 1. The number of allylic oxidation sites excluding steroid dienone is 1. The second kappa shape index (κ2) is 28.5. The smallest absolute Gasteiger partial charge is 0.304 e. The van der Waals surface area contributed by atoms with E-state index in [9.17, 15) is 19.8 Å². The molecule has 230 valence electrons. The van der Waals surface area contributed by atoms with E-state index in [0.717, 1.165) is 25.7 Å². The summed E-state index contributed by atoms with van der Waals surface area (Å²) in [6.07, 6.45) is 27.0. The molecule has 0 heterocycles. The lowest BCUT2D eigenvalue weighted by Gasteiger charge is -2.25. The van der Waals surface area contributed by atoms with Gasteiger partial charge in [-0.05, 0) is 43.6 Å². The van der Waals surface area contributed by atoms with Gasteiger partial charge in [0.25, 0.3) is 0 Å². The van der Waals surface area contributed by atoms with Gasteiger partial charge in [-0.1, -0.05) is 109 Å². The lowest BCUT2D eigenvalue weighted by Crippen LogP contribution is -2.15. The number of hydrogen-bond acceptors (Lipinski definition) is 5. The second-order valence-corrected chi connectivity index (χ2v) is 12.3.